The molecule has 1 aromatic carbocycles. The van der Waals surface area contributed by atoms with Crippen LogP contribution in [0.5, 0.6) is 0 Å². The highest BCUT2D eigenvalue weighted by Crippen LogP contribution is 2.13. The van der Waals surface area contributed by atoms with Gasteiger partial charge in [0, 0.05) is 35.0 Å². The van der Waals surface area contributed by atoms with Gasteiger partial charge in [-0.2, -0.15) is 0 Å². The van der Waals surface area contributed by atoms with E-state index < -0.39 is 0 Å². The number of hydrogen-bond donors (Lipinski definition) is 0. The first kappa shape index (κ1) is 14.3. The summed E-state index contributed by atoms with van der Waals surface area (Å²) in [6.45, 7) is 1.66. The van der Waals surface area contributed by atoms with Gasteiger partial charge in [0.15, 0.2) is 5.78 Å². The highest BCUT2D eigenvalue weighted by atomic mass is 35.5. The van der Waals surface area contributed by atoms with Crippen LogP contribution in [0.15, 0.2) is 41.8 Å². The molecule has 0 saturated carbocycles. The van der Waals surface area contributed by atoms with Gasteiger partial charge in [0.2, 0.25) is 0 Å². The topological polar surface area (TPSA) is 20.3 Å². The van der Waals surface area contributed by atoms with E-state index in [9.17, 15) is 4.79 Å². The van der Waals surface area contributed by atoms with Crippen molar-refractivity contribution in [3.63, 3.8) is 0 Å². The number of carbonyl (C=O) groups excluding carboxylic acids is 1. The Morgan fingerprint density at radius 2 is 2.00 bits per heavy atom. The lowest BCUT2D eigenvalue weighted by atomic mass is 10.1. The first-order valence-electron chi connectivity index (χ1n) is 6.15. The molecule has 0 spiro atoms. The molecule has 1 aromatic heterocycles. The number of benzene rings is 1. The van der Waals surface area contributed by atoms with Crippen LogP contribution in [0.25, 0.3) is 0 Å². The SMILES string of the molecule is CN(CCC(=O)c1ccc(Cl)cc1)Cc1cccs1. The molecule has 0 bridgehead atoms. The summed E-state index contributed by atoms with van der Waals surface area (Å²) in [4.78, 5) is 15.5. The van der Waals surface area contributed by atoms with Crippen LogP contribution in [0.4, 0.5) is 0 Å². The molecule has 0 aliphatic rings. The molecule has 0 unspecified atom stereocenters. The van der Waals surface area contributed by atoms with Crippen molar-refractivity contribution in [2.24, 2.45) is 0 Å². The number of rotatable bonds is 6. The zero-order valence-corrected chi connectivity index (χ0v) is 12.4. The Morgan fingerprint density at radius 3 is 2.63 bits per heavy atom. The second-order valence-corrected chi connectivity index (χ2v) is 5.97. The van der Waals surface area contributed by atoms with Gasteiger partial charge in [0.05, 0.1) is 0 Å². The smallest absolute Gasteiger partial charge is 0.164 e. The number of nitrogens with zero attached hydrogens (tertiary/aromatic N) is 1. The molecular formula is C15H16ClNOS. The number of hydrogen-bond acceptors (Lipinski definition) is 3. The van der Waals surface area contributed by atoms with Gasteiger partial charge in [0.25, 0.3) is 0 Å². The van der Waals surface area contributed by atoms with Crippen molar-refractivity contribution in [3.05, 3.63) is 57.2 Å². The molecule has 2 aromatic rings. The summed E-state index contributed by atoms with van der Waals surface area (Å²) < 4.78 is 0. The van der Waals surface area contributed by atoms with Gasteiger partial charge in [0.1, 0.15) is 0 Å². The second kappa shape index (κ2) is 6.85. The predicted molar refractivity (Wildman–Crippen MR) is 81.1 cm³/mol. The zero-order valence-electron chi connectivity index (χ0n) is 10.8. The van der Waals surface area contributed by atoms with Crippen molar-refractivity contribution in [2.45, 2.75) is 13.0 Å². The van der Waals surface area contributed by atoms with E-state index in [4.69, 9.17) is 11.6 Å². The van der Waals surface area contributed by atoms with Crippen molar-refractivity contribution >= 4 is 28.7 Å². The molecule has 0 amide bonds. The van der Waals surface area contributed by atoms with Crippen molar-refractivity contribution < 1.29 is 4.79 Å². The van der Waals surface area contributed by atoms with Crippen LogP contribution in [0, 0.1) is 0 Å². The zero-order chi connectivity index (χ0) is 13.7. The molecule has 0 fully saturated rings. The van der Waals surface area contributed by atoms with Crippen LogP contribution in [0.1, 0.15) is 21.7 Å². The maximum Gasteiger partial charge on any atom is 0.164 e. The molecule has 0 radical (unpaired) electrons. The minimum Gasteiger partial charge on any atom is -0.301 e. The Balaban J connectivity index is 1.81. The Labute approximate surface area is 122 Å². The van der Waals surface area contributed by atoms with Crippen LogP contribution < -0.4 is 0 Å². The third-order valence-electron chi connectivity index (χ3n) is 2.89. The molecule has 100 valence electrons. The van der Waals surface area contributed by atoms with E-state index in [1.54, 1.807) is 35.6 Å². The Hall–Kier alpha value is -1.16. The molecule has 0 N–H and O–H groups in total. The molecule has 19 heavy (non-hydrogen) atoms. The fourth-order valence-corrected chi connectivity index (χ4v) is 2.73. The molecule has 0 aliphatic heterocycles. The van der Waals surface area contributed by atoms with E-state index in [0.29, 0.717) is 11.4 Å². The predicted octanol–water partition coefficient (Wildman–Crippen LogP) is 4.11. The lowest BCUT2D eigenvalue weighted by Crippen LogP contribution is -2.21. The Kier molecular flexibility index (Phi) is 5.14. The highest BCUT2D eigenvalue weighted by Gasteiger charge is 2.08. The summed E-state index contributed by atoms with van der Waals surface area (Å²) in [6.07, 6.45) is 0.531. The van der Waals surface area contributed by atoms with Gasteiger partial charge >= 0.3 is 0 Å². The maximum atomic E-state index is 12.0. The molecular weight excluding hydrogens is 278 g/mol. The summed E-state index contributed by atoms with van der Waals surface area (Å²) in [5, 5.41) is 2.73. The van der Waals surface area contributed by atoms with E-state index in [1.165, 1.54) is 4.88 Å². The number of Topliss-reactive ketones (excluding diaryl/α,β-unsaturated/α-hetero) is 1. The standard InChI is InChI=1S/C15H16ClNOS/c1-17(11-14-3-2-10-19-14)9-8-15(18)12-4-6-13(16)7-5-12/h2-7,10H,8-9,11H2,1H3. The van der Waals surface area contributed by atoms with Crippen LogP contribution in [-0.2, 0) is 6.54 Å². The highest BCUT2D eigenvalue weighted by molar-refractivity contribution is 7.09. The van der Waals surface area contributed by atoms with Crippen LogP contribution in [0.3, 0.4) is 0 Å². The fraction of sp³-hybridized carbons (Fsp3) is 0.267. The fourth-order valence-electron chi connectivity index (χ4n) is 1.82. The normalized spacial score (nSPS) is 10.9. The van der Waals surface area contributed by atoms with Crippen molar-refractivity contribution in [3.8, 4) is 0 Å². The summed E-state index contributed by atoms with van der Waals surface area (Å²) in [7, 11) is 2.04. The van der Waals surface area contributed by atoms with Crippen LogP contribution in [0.2, 0.25) is 5.02 Å². The maximum absolute atomic E-state index is 12.0. The quantitative estimate of drug-likeness (QED) is 0.747. The average molecular weight is 294 g/mol. The number of thiophene rings is 1. The lowest BCUT2D eigenvalue weighted by Gasteiger charge is -2.14. The molecule has 2 nitrogen and oxygen atoms in total. The number of carbonyl (C=O) groups is 1. The van der Waals surface area contributed by atoms with Gasteiger partial charge in [-0.05, 0) is 42.8 Å². The summed E-state index contributed by atoms with van der Waals surface area (Å²) in [5.74, 6) is 0.162. The largest absolute Gasteiger partial charge is 0.301 e. The third-order valence-corrected chi connectivity index (χ3v) is 4.01. The molecule has 0 atom stereocenters. The van der Waals surface area contributed by atoms with Crippen LogP contribution in [-0.4, -0.2) is 24.3 Å². The molecule has 1 heterocycles. The first-order chi connectivity index (χ1) is 9.15. The van der Waals surface area contributed by atoms with Gasteiger partial charge in [-0.1, -0.05) is 17.7 Å². The molecule has 2 rings (SSSR count). The second-order valence-electron chi connectivity index (χ2n) is 4.50. The van der Waals surface area contributed by atoms with E-state index in [2.05, 4.69) is 16.3 Å². The first-order valence-corrected chi connectivity index (χ1v) is 7.40. The van der Waals surface area contributed by atoms with Gasteiger partial charge in [-0.25, -0.2) is 0 Å². The Bertz CT molecular complexity index is 522. The lowest BCUT2D eigenvalue weighted by molar-refractivity contribution is 0.0968. The van der Waals surface area contributed by atoms with E-state index in [0.717, 1.165) is 18.7 Å². The molecule has 0 aliphatic carbocycles. The summed E-state index contributed by atoms with van der Waals surface area (Å²) >= 11 is 7.55. The minimum absolute atomic E-state index is 0.162. The summed E-state index contributed by atoms with van der Waals surface area (Å²) in [6, 6.07) is 11.2. The Morgan fingerprint density at radius 1 is 1.26 bits per heavy atom. The van der Waals surface area contributed by atoms with E-state index in [-0.39, 0.29) is 5.78 Å². The van der Waals surface area contributed by atoms with Gasteiger partial charge in [-0.15, -0.1) is 11.3 Å². The average Bonchev–Trinajstić information content (AvgIpc) is 2.89. The monoisotopic (exact) mass is 293 g/mol. The minimum atomic E-state index is 0.162. The third kappa shape index (κ3) is 4.46. The van der Waals surface area contributed by atoms with E-state index in [1.807, 2.05) is 13.1 Å². The van der Waals surface area contributed by atoms with E-state index >= 15 is 0 Å². The number of ketones is 1. The van der Waals surface area contributed by atoms with Gasteiger partial charge < -0.3 is 4.90 Å². The molecule has 0 saturated heterocycles. The van der Waals surface area contributed by atoms with Crippen LogP contribution >= 0.6 is 22.9 Å². The summed E-state index contributed by atoms with van der Waals surface area (Å²) in [5.41, 5.74) is 0.730. The number of halogens is 1. The van der Waals surface area contributed by atoms with Crippen molar-refractivity contribution in [1.82, 2.24) is 4.90 Å². The van der Waals surface area contributed by atoms with Crippen molar-refractivity contribution in [2.75, 3.05) is 13.6 Å². The van der Waals surface area contributed by atoms with Gasteiger partial charge in [-0.3, -0.25) is 4.79 Å². The molecule has 4 heteroatoms. The van der Waals surface area contributed by atoms with Crippen molar-refractivity contribution in [1.29, 1.82) is 0 Å².